The molecule has 0 radical (unpaired) electrons. The van der Waals surface area contributed by atoms with Gasteiger partial charge in [-0.1, -0.05) is 0 Å². The number of hydrogen-bond acceptors (Lipinski definition) is 4. The van der Waals surface area contributed by atoms with Crippen LogP contribution in [0.1, 0.15) is 17.0 Å². The average molecular weight is 227 g/mol. The van der Waals surface area contributed by atoms with E-state index in [9.17, 15) is 0 Å². The van der Waals surface area contributed by atoms with Crippen molar-refractivity contribution in [2.24, 2.45) is 7.05 Å². The molecule has 0 aromatic carbocycles. The van der Waals surface area contributed by atoms with E-state index < -0.39 is 0 Å². The second-order valence-electron chi connectivity index (χ2n) is 3.80. The van der Waals surface area contributed by atoms with Crippen molar-refractivity contribution in [1.29, 1.82) is 0 Å². The smallest absolute Gasteiger partial charge is 0.169 e. The van der Waals surface area contributed by atoms with Crippen LogP contribution in [-0.2, 0) is 23.1 Å². The average Bonchev–Trinajstić information content (AvgIpc) is 2.50. The summed E-state index contributed by atoms with van der Waals surface area (Å²) in [5.41, 5.74) is 3.50. The van der Waals surface area contributed by atoms with Crippen molar-refractivity contribution in [2.75, 3.05) is 20.8 Å². The lowest BCUT2D eigenvalue weighted by atomic mass is 10.2. The fraction of sp³-hybridized carbons (Fsp3) is 0.727. The van der Waals surface area contributed by atoms with Crippen molar-refractivity contribution < 1.29 is 9.47 Å². The molecule has 0 spiro atoms. The van der Waals surface area contributed by atoms with Gasteiger partial charge in [0.15, 0.2) is 6.29 Å². The van der Waals surface area contributed by atoms with E-state index in [4.69, 9.17) is 9.47 Å². The van der Waals surface area contributed by atoms with Crippen LogP contribution in [0, 0.1) is 13.8 Å². The molecule has 0 aliphatic rings. The van der Waals surface area contributed by atoms with E-state index in [0.717, 1.165) is 12.2 Å². The van der Waals surface area contributed by atoms with Crippen LogP contribution >= 0.6 is 0 Å². The van der Waals surface area contributed by atoms with Gasteiger partial charge < -0.3 is 14.8 Å². The Labute approximate surface area is 96.7 Å². The van der Waals surface area contributed by atoms with Crippen LogP contribution in [-0.4, -0.2) is 36.8 Å². The number of aromatic nitrogens is 2. The third-order valence-electron chi connectivity index (χ3n) is 2.80. The van der Waals surface area contributed by atoms with Gasteiger partial charge in [-0.25, -0.2) is 0 Å². The molecule has 1 aromatic rings. The van der Waals surface area contributed by atoms with Gasteiger partial charge in [-0.3, -0.25) is 4.68 Å². The molecule has 92 valence electrons. The topological polar surface area (TPSA) is 48.3 Å². The quantitative estimate of drug-likeness (QED) is 0.728. The van der Waals surface area contributed by atoms with Gasteiger partial charge in [-0.15, -0.1) is 0 Å². The number of hydrogen-bond donors (Lipinski definition) is 1. The molecular formula is C11H21N3O2. The Hall–Kier alpha value is -0.910. The Morgan fingerprint density at radius 3 is 2.38 bits per heavy atom. The Bertz CT molecular complexity index is 332. The molecule has 5 nitrogen and oxygen atoms in total. The molecule has 0 bridgehead atoms. The summed E-state index contributed by atoms with van der Waals surface area (Å²) in [6.45, 7) is 5.55. The van der Waals surface area contributed by atoms with E-state index in [1.165, 1.54) is 11.3 Å². The molecule has 16 heavy (non-hydrogen) atoms. The SMILES string of the molecule is COC(CNCc1c(C)nn(C)c1C)OC. The Morgan fingerprint density at radius 2 is 1.94 bits per heavy atom. The van der Waals surface area contributed by atoms with E-state index in [2.05, 4.69) is 17.3 Å². The molecule has 0 atom stereocenters. The van der Waals surface area contributed by atoms with Crippen molar-refractivity contribution in [3.63, 3.8) is 0 Å². The van der Waals surface area contributed by atoms with E-state index >= 15 is 0 Å². The van der Waals surface area contributed by atoms with Gasteiger partial charge >= 0.3 is 0 Å². The van der Waals surface area contributed by atoms with Crippen LogP contribution in [0.5, 0.6) is 0 Å². The van der Waals surface area contributed by atoms with Crippen LogP contribution < -0.4 is 5.32 Å². The largest absolute Gasteiger partial charge is 0.355 e. The molecule has 1 N–H and O–H groups in total. The molecule has 1 rings (SSSR count). The lowest BCUT2D eigenvalue weighted by molar-refractivity contribution is -0.0989. The first kappa shape index (κ1) is 13.2. The zero-order chi connectivity index (χ0) is 12.1. The Morgan fingerprint density at radius 1 is 1.31 bits per heavy atom. The molecule has 1 aromatic heterocycles. The fourth-order valence-corrected chi connectivity index (χ4v) is 1.65. The highest BCUT2D eigenvalue weighted by Crippen LogP contribution is 2.11. The van der Waals surface area contributed by atoms with Gasteiger partial charge in [-0.05, 0) is 13.8 Å². The van der Waals surface area contributed by atoms with Crippen LogP contribution in [0.2, 0.25) is 0 Å². The maximum atomic E-state index is 5.10. The van der Waals surface area contributed by atoms with Gasteiger partial charge in [0.1, 0.15) is 0 Å². The van der Waals surface area contributed by atoms with E-state index in [1.807, 2.05) is 18.7 Å². The molecule has 0 amide bonds. The molecule has 5 heteroatoms. The maximum absolute atomic E-state index is 5.10. The molecule has 0 saturated carbocycles. The molecule has 0 aliphatic heterocycles. The monoisotopic (exact) mass is 227 g/mol. The molecule has 0 unspecified atom stereocenters. The highest BCUT2D eigenvalue weighted by Gasteiger charge is 2.10. The van der Waals surface area contributed by atoms with E-state index in [-0.39, 0.29) is 6.29 Å². The molecule has 0 saturated heterocycles. The third kappa shape index (κ3) is 3.04. The third-order valence-corrected chi connectivity index (χ3v) is 2.80. The van der Waals surface area contributed by atoms with Gasteiger partial charge in [0, 0.05) is 45.6 Å². The van der Waals surface area contributed by atoms with E-state index in [1.54, 1.807) is 14.2 Å². The second-order valence-corrected chi connectivity index (χ2v) is 3.80. The van der Waals surface area contributed by atoms with Crippen LogP contribution in [0.15, 0.2) is 0 Å². The molecular weight excluding hydrogens is 206 g/mol. The molecule has 0 fully saturated rings. The number of ether oxygens (including phenoxy) is 2. The Kier molecular flexibility index (Phi) is 4.92. The number of nitrogens with one attached hydrogen (secondary N) is 1. The lowest BCUT2D eigenvalue weighted by Crippen LogP contribution is -2.29. The summed E-state index contributed by atoms with van der Waals surface area (Å²) >= 11 is 0. The minimum atomic E-state index is -0.197. The minimum Gasteiger partial charge on any atom is -0.355 e. The lowest BCUT2D eigenvalue weighted by Gasteiger charge is -2.14. The summed E-state index contributed by atoms with van der Waals surface area (Å²) < 4.78 is 12.1. The zero-order valence-electron chi connectivity index (χ0n) is 10.7. The van der Waals surface area contributed by atoms with Gasteiger partial charge in [0.2, 0.25) is 0 Å². The molecule has 0 aliphatic carbocycles. The number of methoxy groups -OCH3 is 2. The summed E-state index contributed by atoms with van der Waals surface area (Å²) in [5, 5.41) is 7.66. The standard InChI is InChI=1S/C11H21N3O2/c1-8-10(9(2)14(3)13-8)6-12-7-11(15-4)16-5/h11-12H,6-7H2,1-5H3. The van der Waals surface area contributed by atoms with E-state index in [0.29, 0.717) is 6.54 Å². The van der Waals surface area contributed by atoms with Crippen molar-refractivity contribution in [1.82, 2.24) is 15.1 Å². The van der Waals surface area contributed by atoms with Crippen molar-refractivity contribution in [2.45, 2.75) is 26.7 Å². The summed E-state index contributed by atoms with van der Waals surface area (Å²) in [6.07, 6.45) is -0.197. The van der Waals surface area contributed by atoms with Gasteiger partial charge in [0.25, 0.3) is 0 Å². The van der Waals surface area contributed by atoms with Crippen LogP contribution in [0.4, 0.5) is 0 Å². The van der Waals surface area contributed by atoms with Crippen molar-refractivity contribution >= 4 is 0 Å². The van der Waals surface area contributed by atoms with Crippen molar-refractivity contribution in [3.05, 3.63) is 17.0 Å². The molecule has 1 heterocycles. The van der Waals surface area contributed by atoms with Crippen LogP contribution in [0.25, 0.3) is 0 Å². The second kappa shape index (κ2) is 5.98. The summed E-state index contributed by atoms with van der Waals surface area (Å²) in [4.78, 5) is 0. The highest BCUT2D eigenvalue weighted by atomic mass is 16.7. The van der Waals surface area contributed by atoms with Crippen LogP contribution in [0.3, 0.4) is 0 Å². The zero-order valence-corrected chi connectivity index (χ0v) is 10.7. The first-order valence-corrected chi connectivity index (χ1v) is 5.35. The number of rotatable bonds is 6. The van der Waals surface area contributed by atoms with Gasteiger partial charge in [0.05, 0.1) is 5.69 Å². The normalized spacial score (nSPS) is 11.4. The summed E-state index contributed by atoms with van der Waals surface area (Å²) in [6, 6.07) is 0. The van der Waals surface area contributed by atoms with Crippen molar-refractivity contribution in [3.8, 4) is 0 Å². The predicted octanol–water partition coefficient (Wildman–Crippen LogP) is 0.745. The first-order chi connectivity index (χ1) is 7.60. The van der Waals surface area contributed by atoms with Gasteiger partial charge in [-0.2, -0.15) is 5.10 Å². The predicted molar refractivity (Wildman–Crippen MR) is 62.2 cm³/mol. The minimum absolute atomic E-state index is 0.197. The maximum Gasteiger partial charge on any atom is 0.169 e. The first-order valence-electron chi connectivity index (χ1n) is 5.35. The summed E-state index contributed by atoms with van der Waals surface area (Å²) in [5.74, 6) is 0. The Balaban J connectivity index is 2.48. The number of nitrogens with zero attached hydrogens (tertiary/aromatic N) is 2. The number of aryl methyl sites for hydroxylation is 2. The summed E-state index contributed by atoms with van der Waals surface area (Å²) in [7, 11) is 5.23. The fourth-order valence-electron chi connectivity index (χ4n) is 1.65. The highest BCUT2D eigenvalue weighted by molar-refractivity contribution is 5.23.